The molecule has 0 bridgehead atoms. The van der Waals surface area contributed by atoms with Crippen molar-refractivity contribution in [1.82, 2.24) is 5.32 Å². The SMILES string of the molecule is COc1cc(C)c(C(=O)NCC(N)c2ccc(C(C)C)cc2)cc1OC. The molecule has 0 aliphatic rings. The Morgan fingerprint density at radius 1 is 1.04 bits per heavy atom. The first-order valence-electron chi connectivity index (χ1n) is 8.73. The topological polar surface area (TPSA) is 73.6 Å². The molecule has 0 saturated carbocycles. The van der Waals surface area contributed by atoms with Gasteiger partial charge in [-0.05, 0) is 41.7 Å². The van der Waals surface area contributed by atoms with Gasteiger partial charge in [-0.15, -0.1) is 0 Å². The van der Waals surface area contributed by atoms with Crippen molar-refractivity contribution in [2.24, 2.45) is 5.73 Å². The highest BCUT2D eigenvalue weighted by Crippen LogP contribution is 2.30. The molecule has 26 heavy (non-hydrogen) atoms. The molecule has 0 aromatic heterocycles. The van der Waals surface area contributed by atoms with E-state index in [1.807, 2.05) is 19.1 Å². The second-order valence-electron chi connectivity index (χ2n) is 6.66. The number of amides is 1. The van der Waals surface area contributed by atoms with Gasteiger partial charge in [-0.3, -0.25) is 4.79 Å². The first-order valence-corrected chi connectivity index (χ1v) is 8.73. The summed E-state index contributed by atoms with van der Waals surface area (Å²) in [5.41, 5.74) is 9.86. The predicted octanol–water partition coefficient (Wildman–Crippen LogP) is 3.57. The summed E-state index contributed by atoms with van der Waals surface area (Å²) in [5.74, 6) is 1.42. The standard InChI is InChI=1S/C21H28N2O3/c1-13(2)15-6-8-16(9-7-15)18(22)12-23-21(24)17-11-20(26-5)19(25-4)10-14(17)3/h6-11,13,18H,12,22H2,1-5H3,(H,23,24). The summed E-state index contributed by atoms with van der Waals surface area (Å²) in [6, 6.07) is 11.4. The summed E-state index contributed by atoms with van der Waals surface area (Å²) in [5, 5.41) is 2.90. The molecule has 0 heterocycles. The first-order chi connectivity index (χ1) is 12.4. The van der Waals surface area contributed by atoms with Crippen LogP contribution in [0.3, 0.4) is 0 Å². The fraction of sp³-hybridized carbons (Fsp3) is 0.381. The lowest BCUT2D eigenvalue weighted by Gasteiger charge is -2.16. The summed E-state index contributed by atoms with van der Waals surface area (Å²) >= 11 is 0. The zero-order valence-corrected chi connectivity index (χ0v) is 16.1. The smallest absolute Gasteiger partial charge is 0.251 e. The number of hydrogen-bond donors (Lipinski definition) is 2. The van der Waals surface area contributed by atoms with Crippen molar-refractivity contribution >= 4 is 5.91 Å². The van der Waals surface area contributed by atoms with E-state index in [0.29, 0.717) is 29.5 Å². The summed E-state index contributed by atoms with van der Waals surface area (Å²) < 4.78 is 10.5. The summed E-state index contributed by atoms with van der Waals surface area (Å²) in [7, 11) is 3.12. The van der Waals surface area contributed by atoms with Crippen molar-refractivity contribution < 1.29 is 14.3 Å². The van der Waals surface area contributed by atoms with Crippen LogP contribution in [0.25, 0.3) is 0 Å². The zero-order valence-electron chi connectivity index (χ0n) is 16.1. The van der Waals surface area contributed by atoms with Crippen LogP contribution in [0.15, 0.2) is 36.4 Å². The normalized spacial score (nSPS) is 12.0. The number of hydrogen-bond acceptors (Lipinski definition) is 4. The third-order valence-electron chi connectivity index (χ3n) is 4.49. The Balaban J connectivity index is 2.06. The third-order valence-corrected chi connectivity index (χ3v) is 4.49. The predicted molar refractivity (Wildman–Crippen MR) is 104 cm³/mol. The van der Waals surface area contributed by atoms with Crippen molar-refractivity contribution in [3.63, 3.8) is 0 Å². The van der Waals surface area contributed by atoms with E-state index in [4.69, 9.17) is 15.2 Å². The van der Waals surface area contributed by atoms with E-state index in [1.165, 1.54) is 5.56 Å². The fourth-order valence-electron chi connectivity index (χ4n) is 2.77. The number of carbonyl (C=O) groups is 1. The minimum Gasteiger partial charge on any atom is -0.493 e. The number of methoxy groups -OCH3 is 2. The van der Waals surface area contributed by atoms with E-state index in [-0.39, 0.29) is 11.9 Å². The summed E-state index contributed by atoms with van der Waals surface area (Å²) in [4.78, 5) is 12.5. The molecule has 2 rings (SSSR count). The van der Waals surface area contributed by atoms with Gasteiger partial charge in [0.25, 0.3) is 5.91 Å². The fourth-order valence-corrected chi connectivity index (χ4v) is 2.77. The molecule has 5 nitrogen and oxygen atoms in total. The van der Waals surface area contributed by atoms with Gasteiger partial charge >= 0.3 is 0 Å². The molecule has 1 atom stereocenters. The lowest BCUT2D eigenvalue weighted by atomic mass is 9.99. The lowest BCUT2D eigenvalue weighted by Crippen LogP contribution is -2.32. The number of aryl methyl sites for hydroxylation is 1. The number of rotatable bonds is 7. The molecule has 5 heteroatoms. The Morgan fingerprint density at radius 2 is 1.58 bits per heavy atom. The maximum atomic E-state index is 12.5. The van der Waals surface area contributed by atoms with E-state index in [9.17, 15) is 4.79 Å². The van der Waals surface area contributed by atoms with Gasteiger partial charge in [0.2, 0.25) is 0 Å². The van der Waals surface area contributed by atoms with E-state index >= 15 is 0 Å². The molecule has 0 saturated heterocycles. The van der Waals surface area contributed by atoms with Crippen molar-refractivity contribution in [3.8, 4) is 11.5 Å². The molecule has 0 fully saturated rings. The summed E-state index contributed by atoms with van der Waals surface area (Å²) in [6.07, 6.45) is 0. The van der Waals surface area contributed by atoms with Crippen molar-refractivity contribution in [2.45, 2.75) is 32.7 Å². The van der Waals surface area contributed by atoms with Gasteiger partial charge < -0.3 is 20.5 Å². The van der Waals surface area contributed by atoms with Crippen molar-refractivity contribution in [2.75, 3.05) is 20.8 Å². The van der Waals surface area contributed by atoms with Crippen LogP contribution in [0.4, 0.5) is 0 Å². The van der Waals surface area contributed by atoms with Crippen LogP contribution in [-0.4, -0.2) is 26.7 Å². The number of benzene rings is 2. The van der Waals surface area contributed by atoms with Crippen LogP contribution in [0, 0.1) is 6.92 Å². The van der Waals surface area contributed by atoms with E-state index < -0.39 is 0 Å². The lowest BCUT2D eigenvalue weighted by molar-refractivity contribution is 0.0950. The first kappa shape index (κ1) is 19.8. The molecular formula is C21H28N2O3. The number of nitrogens with two attached hydrogens (primary N) is 1. The third kappa shape index (κ3) is 4.55. The van der Waals surface area contributed by atoms with Crippen LogP contribution < -0.4 is 20.5 Å². The van der Waals surface area contributed by atoms with E-state index in [1.54, 1.807) is 26.4 Å². The molecule has 1 unspecified atom stereocenters. The molecule has 2 aromatic carbocycles. The van der Waals surface area contributed by atoms with Gasteiger partial charge in [0.05, 0.1) is 14.2 Å². The average molecular weight is 356 g/mol. The molecule has 1 amide bonds. The second-order valence-corrected chi connectivity index (χ2v) is 6.66. The van der Waals surface area contributed by atoms with Crippen molar-refractivity contribution in [3.05, 3.63) is 58.7 Å². The Bertz CT molecular complexity index is 755. The Kier molecular flexibility index (Phi) is 6.64. The van der Waals surface area contributed by atoms with E-state index in [0.717, 1.165) is 11.1 Å². The van der Waals surface area contributed by atoms with Crippen LogP contribution >= 0.6 is 0 Å². The molecular weight excluding hydrogens is 328 g/mol. The molecule has 0 radical (unpaired) electrons. The number of carbonyl (C=O) groups excluding carboxylic acids is 1. The quantitative estimate of drug-likeness (QED) is 0.795. The van der Waals surface area contributed by atoms with Crippen molar-refractivity contribution in [1.29, 1.82) is 0 Å². The maximum Gasteiger partial charge on any atom is 0.251 e. The second kappa shape index (κ2) is 8.72. The highest BCUT2D eigenvalue weighted by molar-refractivity contribution is 5.96. The van der Waals surface area contributed by atoms with Gasteiger partial charge in [0.15, 0.2) is 11.5 Å². The maximum absolute atomic E-state index is 12.5. The molecule has 0 spiro atoms. The Morgan fingerprint density at radius 3 is 2.12 bits per heavy atom. The molecule has 0 aliphatic carbocycles. The highest BCUT2D eigenvalue weighted by atomic mass is 16.5. The van der Waals surface area contributed by atoms with Crippen LogP contribution in [0.2, 0.25) is 0 Å². The molecule has 0 aliphatic heterocycles. The zero-order chi connectivity index (χ0) is 19.3. The van der Waals surface area contributed by atoms with Gasteiger partial charge in [0, 0.05) is 18.2 Å². The Labute approximate surface area is 155 Å². The number of nitrogens with one attached hydrogen (secondary N) is 1. The van der Waals surface area contributed by atoms with Gasteiger partial charge in [-0.25, -0.2) is 0 Å². The number of ether oxygens (including phenoxy) is 2. The van der Waals surface area contributed by atoms with Crippen LogP contribution in [0.1, 0.15) is 52.9 Å². The molecule has 140 valence electrons. The van der Waals surface area contributed by atoms with Gasteiger partial charge in [-0.1, -0.05) is 38.1 Å². The minimum atomic E-state index is -0.263. The van der Waals surface area contributed by atoms with Gasteiger partial charge in [0.1, 0.15) is 0 Å². The Hall–Kier alpha value is -2.53. The largest absolute Gasteiger partial charge is 0.493 e. The average Bonchev–Trinajstić information content (AvgIpc) is 2.65. The van der Waals surface area contributed by atoms with Crippen LogP contribution in [0.5, 0.6) is 11.5 Å². The van der Waals surface area contributed by atoms with E-state index in [2.05, 4.69) is 31.3 Å². The van der Waals surface area contributed by atoms with Gasteiger partial charge in [-0.2, -0.15) is 0 Å². The monoisotopic (exact) mass is 356 g/mol. The highest BCUT2D eigenvalue weighted by Gasteiger charge is 2.16. The minimum absolute atomic E-state index is 0.183. The molecule has 2 aromatic rings. The molecule has 3 N–H and O–H groups in total. The van der Waals surface area contributed by atoms with Crippen LogP contribution in [-0.2, 0) is 0 Å². The summed E-state index contributed by atoms with van der Waals surface area (Å²) in [6.45, 7) is 6.52.